The van der Waals surface area contributed by atoms with Crippen molar-refractivity contribution in [2.75, 3.05) is 17.7 Å². The molecule has 2 rings (SSSR count). The Morgan fingerprint density at radius 3 is 2.76 bits per heavy atom. The van der Waals surface area contributed by atoms with Gasteiger partial charge in [0, 0.05) is 23.0 Å². The number of hydrogen-bond acceptors (Lipinski definition) is 3. The lowest BCUT2D eigenvalue weighted by Gasteiger charge is -2.09. The highest BCUT2D eigenvalue weighted by Crippen LogP contribution is 2.22. The summed E-state index contributed by atoms with van der Waals surface area (Å²) in [6.45, 7) is 2.30. The van der Waals surface area contributed by atoms with Crippen LogP contribution < -0.4 is 15.8 Å². The number of amides is 1. The second-order valence-electron chi connectivity index (χ2n) is 4.31. The molecule has 2 aromatic carbocycles. The molecule has 2 aromatic rings. The SMILES string of the molecule is CCOc1cc(N)cc(C(=O)Nc2ccc(Cl)c(F)c2)c1. The number of halogens is 2. The predicted molar refractivity (Wildman–Crippen MR) is 81.4 cm³/mol. The molecule has 0 radical (unpaired) electrons. The molecule has 110 valence electrons. The Morgan fingerprint density at radius 1 is 1.33 bits per heavy atom. The Labute approximate surface area is 126 Å². The lowest BCUT2D eigenvalue weighted by molar-refractivity contribution is 0.102. The summed E-state index contributed by atoms with van der Waals surface area (Å²) in [4.78, 5) is 12.1. The molecular formula is C15H14ClFN2O2. The smallest absolute Gasteiger partial charge is 0.255 e. The minimum Gasteiger partial charge on any atom is -0.494 e. The number of benzene rings is 2. The summed E-state index contributed by atoms with van der Waals surface area (Å²) in [6.07, 6.45) is 0. The molecule has 0 aliphatic carbocycles. The third-order valence-electron chi connectivity index (χ3n) is 2.68. The van der Waals surface area contributed by atoms with Crippen LogP contribution in [-0.4, -0.2) is 12.5 Å². The number of rotatable bonds is 4. The first-order chi connectivity index (χ1) is 9.99. The molecule has 6 heteroatoms. The number of hydrogen-bond donors (Lipinski definition) is 2. The second-order valence-corrected chi connectivity index (χ2v) is 4.71. The number of anilines is 2. The summed E-state index contributed by atoms with van der Waals surface area (Å²) in [5, 5.41) is 2.57. The minimum atomic E-state index is -0.600. The predicted octanol–water partition coefficient (Wildman–Crippen LogP) is 3.71. The van der Waals surface area contributed by atoms with Crippen molar-refractivity contribution in [1.82, 2.24) is 0 Å². The van der Waals surface area contributed by atoms with E-state index in [0.29, 0.717) is 29.3 Å². The average Bonchev–Trinajstić information content (AvgIpc) is 2.42. The van der Waals surface area contributed by atoms with Crippen molar-refractivity contribution < 1.29 is 13.9 Å². The van der Waals surface area contributed by atoms with Crippen LogP contribution in [0.5, 0.6) is 5.75 Å². The van der Waals surface area contributed by atoms with Crippen molar-refractivity contribution >= 4 is 28.9 Å². The van der Waals surface area contributed by atoms with Gasteiger partial charge in [0.2, 0.25) is 0 Å². The van der Waals surface area contributed by atoms with Crippen LogP contribution >= 0.6 is 11.6 Å². The molecule has 0 bridgehead atoms. The molecule has 0 unspecified atom stereocenters. The van der Waals surface area contributed by atoms with E-state index >= 15 is 0 Å². The van der Waals surface area contributed by atoms with Gasteiger partial charge in [-0.15, -0.1) is 0 Å². The van der Waals surface area contributed by atoms with E-state index in [4.69, 9.17) is 22.1 Å². The van der Waals surface area contributed by atoms with Crippen LogP contribution in [0.15, 0.2) is 36.4 Å². The van der Waals surface area contributed by atoms with Gasteiger partial charge in [-0.25, -0.2) is 4.39 Å². The molecule has 0 heterocycles. The maximum atomic E-state index is 13.3. The Morgan fingerprint density at radius 2 is 2.10 bits per heavy atom. The van der Waals surface area contributed by atoms with E-state index in [1.807, 2.05) is 6.92 Å². The van der Waals surface area contributed by atoms with Gasteiger partial charge in [0.25, 0.3) is 5.91 Å². The molecule has 4 nitrogen and oxygen atoms in total. The highest BCUT2D eigenvalue weighted by molar-refractivity contribution is 6.30. The van der Waals surface area contributed by atoms with Crippen LogP contribution in [0.4, 0.5) is 15.8 Å². The quantitative estimate of drug-likeness (QED) is 0.846. The highest BCUT2D eigenvalue weighted by Gasteiger charge is 2.10. The summed E-state index contributed by atoms with van der Waals surface area (Å²) in [6, 6.07) is 8.75. The third kappa shape index (κ3) is 3.86. The van der Waals surface area contributed by atoms with Crippen molar-refractivity contribution in [2.24, 2.45) is 0 Å². The molecule has 0 aromatic heterocycles. The molecule has 0 aliphatic rings. The Kier molecular flexibility index (Phi) is 4.65. The Hall–Kier alpha value is -2.27. The monoisotopic (exact) mass is 308 g/mol. The van der Waals surface area contributed by atoms with Gasteiger partial charge in [-0.1, -0.05) is 11.6 Å². The number of carbonyl (C=O) groups is 1. The minimum absolute atomic E-state index is 0.00409. The van der Waals surface area contributed by atoms with E-state index < -0.39 is 11.7 Å². The van der Waals surface area contributed by atoms with Crippen LogP contribution in [0.3, 0.4) is 0 Å². The Balaban J connectivity index is 2.21. The molecule has 3 N–H and O–H groups in total. The molecule has 1 amide bonds. The molecular weight excluding hydrogens is 295 g/mol. The van der Waals surface area contributed by atoms with Gasteiger partial charge in [-0.05, 0) is 37.3 Å². The molecule has 0 fully saturated rings. The molecule has 0 saturated carbocycles. The second kappa shape index (κ2) is 6.45. The first-order valence-corrected chi connectivity index (χ1v) is 6.67. The number of carbonyl (C=O) groups excluding carboxylic acids is 1. The van der Waals surface area contributed by atoms with Crippen LogP contribution in [0.1, 0.15) is 17.3 Å². The summed E-state index contributed by atoms with van der Waals surface area (Å²) < 4.78 is 18.7. The zero-order valence-corrected chi connectivity index (χ0v) is 12.1. The number of nitrogen functional groups attached to an aromatic ring is 1. The normalized spacial score (nSPS) is 10.2. The molecule has 0 aliphatic heterocycles. The van der Waals surface area contributed by atoms with Gasteiger partial charge in [-0.3, -0.25) is 4.79 Å². The van der Waals surface area contributed by atoms with Gasteiger partial charge in [0.05, 0.1) is 11.6 Å². The lowest BCUT2D eigenvalue weighted by atomic mass is 10.1. The van der Waals surface area contributed by atoms with Gasteiger partial charge in [0.15, 0.2) is 0 Å². The molecule has 21 heavy (non-hydrogen) atoms. The largest absolute Gasteiger partial charge is 0.494 e. The first-order valence-electron chi connectivity index (χ1n) is 6.29. The Bertz CT molecular complexity index is 677. The van der Waals surface area contributed by atoms with Crippen LogP contribution in [0.25, 0.3) is 0 Å². The van der Waals surface area contributed by atoms with Gasteiger partial charge in [0.1, 0.15) is 11.6 Å². The lowest BCUT2D eigenvalue weighted by Crippen LogP contribution is -2.12. The van der Waals surface area contributed by atoms with Gasteiger partial charge < -0.3 is 15.8 Å². The van der Waals surface area contributed by atoms with E-state index in [2.05, 4.69) is 5.32 Å². The topological polar surface area (TPSA) is 64.3 Å². The standard InChI is InChI=1S/C15H14ClFN2O2/c1-2-21-12-6-9(5-10(18)7-12)15(20)19-11-3-4-13(16)14(17)8-11/h3-8H,2,18H2,1H3,(H,19,20). The maximum Gasteiger partial charge on any atom is 0.255 e. The van der Waals surface area contributed by atoms with Crippen molar-refractivity contribution in [3.05, 3.63) is 52.8 Å². The van der Waals surface area contributed by atoms with Crippen molar-refractivity contribution in [1.29, 1.82) is 0 Å². The zero-order chi connectivity index (χ0) is 15.4. The maximum absolute atomic E-state index is 13.3. The number of ether oxygens (including phenoxy) is 1. The molecule has 0 atom stereocenters. The van der Waals surface area contributed by atoms with Crippen molar-refractivity contribution in [2.45, 2.75) is 6.92 Å². The van der Waals surface area contributed by atoms with Crippen LogP contribution in [0, 0.1) is 5.82 Å². The van der Waals surface area contributed by atoms with Crippen molar-refractivity contribution in [3.8, 4) is 5.75 Å². The molecule has 0 saturated heterocycles. The summed E-state index contributed by atoms with van der Waals surface area (Å²) in [5.74, 6) is -0.507. The van der Waals surface area contributed by atoms with E-state index in [1.165, 1.54) is 18.2 Å². The summed E-state index contributed by atoms with van der Waals surface area (Å²) >= 11 is 5.59. The van der Waals surface area contributed by atoms with E-state index in [0.717, 1.165) is 6.07 Å². The van der Waals surface area contributed by atoms with Crippen LogP contribution in [0.2, 0.25) is 5.02 Å². The summed E-state index contributed by atoms with van der Waals surface area (Å²) in [7, 11) is 0. The fourth-order valence-electron chi connectivity index (χ4n) is 1.78. The first kappa shape index (κ1) is 15.1. The highest BCUT2D eigenvalue weighted by atomic mass is 35.5. The van der Waals surface area contributed by atoms with Gasteiger partial charge in [-0.2, -0.15) is 0 Å². The van der Waals surface area contributed by atoms with Gasteiger partial charge >= 0.3 is 0 Å². The zero-order valence-electron chi connectivity index (χ0n) is 11.3. The van der Waals surface area contributed by atoms with Crippen molar-refractivity contribution in [3.63, 3.8) is 0 Å². The summed E-state index contributed by atoms with van der Waals surface area (Å²) in [5.41, 5.74) is 6.77. The average molecular weight is 309 g/mol. The third-order valence-corrected chi connectivity index (χ3v) is 2.99. The van der Waals surface area contributed by atoms with E-state index in [1.54, 1.807) is 12.1 Å². The van der Waals surface area contributed by atoms with E-state index in [9.17, 15) is 9.18 Å². The fourth-order valence-corrected chi connectivity index (χ4v) is 1.90. The van der Waals surface area contributed by atoms with E-state index in [-0.39, 0.29) is 5.02 Å². The molecule has 0 spiro atoms. The van der Waals surface area contributed by atoms with Crippen LogP contribution in [-0.2, 0) is 0 Å². The number of nitrogens with two attached hydrogens (primary N) is 1. The number of nitrogens with one attached hydrogen (secondary N) is 1. The fraction of sp³-hybridized carbons (Fsp3) is 0.133.